The fourth-order valence-corrected chi connectivity index (χ4v) is 2.87. The molecule has 0 unspecified atom stereocenters. The molecular weight excluding hydrogens is 216 g/mol. The molecule has 0 aliphatic rings. The van der Waals surface area contributed by atoms with Crippen molar-refractivity contribution in [3.63, 3.8) is 0 Å². The average Bonchev–Trinajstić information content (AvgIpc) is 2.11. The van der Waals surface area contributed by atoms with Gasteiger partial charge in [-0.2, -0.15) is 0 Å². The summed E-state index contributed by atoms with van der Waals surface area (Å²) in [5.74, 6) is 0.0917. The van der Waals surface area contributed by atoms with Gasteiger partial charge in [0.05, 0.1) is 14.2 Å². The summed E-state index contributed by atoms with van der Waals surface area (Å²) < 4.78 is 0. The summed E-state index contributed by atoms with van der Waals surface area (Å²) >= 11 is 0. The third-order valence-corrected chi connectivity index (χ3v) is 3.70. The molecule has 0 aliphatic heterocycles. The molecule has 0 saturated carbocycles. The summed E-state index contributed by atoms with van der Waals surface area (Å²) in [6.45, 7) is 15.7. The first-order chi connectivity index (χ1) is 7.01. The summed E-state index contributed by atoms with van der Waals surface area (Å²) in [6, 6.07) is 0. The van der Waals surface area contributed by atoms with Gasteiger partial charge in [-0.25, -0.2) is 0 Å². The largest absolute Gasteiger partial charge is 0.388 e. The van der Waals surface area contributed by atoms with Gasteiger partial charge in [0.15, 0.2) is 0 Å². The monoisotopic (exact) mass is 242 g/mol. The first-order valence-electron chi connectivity index (χ1n) is 5.78. The molecule has 0 heterocycles. The van der Waals surface area contributed by atoms with Crippen LogP contribution in [-0.4, -0.2) is 30.0 Å². The van der Waals surface area contributed by atoms with Crippen LogP contribution in [0.15, 0.2) is 23.9 Å². The first-order valence-corrected chi connectivity index (χ1v) is 9.36. The van der Waals surface area contributed by atoms with E-state index in [2.05, 4.69) is 31.9 Å². The lowest BCUT2D eigenvalue weighted by atomic mass is 9.88. The number of hydrogen-bond acceptors (Lipinski definition) is 2. The molecule has 2 N–H and O–H groups in total. The fourth-order valence-electron chi connectivity index (χ4n) is 1.47. The summed E-state index contributed by atoms with van der Waals surface area (Å²) in [5, 5.41) is 20.4. The van der Waals surface area contributed by atoms with Crippen molar-refractivity contribution in [2.24, 2.45) is 5.92 Å². The smallest absolute Gasteiger partial charge is 0.103 e. The quantitative estimate of drug-likeness (QED) is 0.575. The van der Waals surface area contributed by atoms with Crippen LogP contribution in [0, 0.1) is 5.92 Å². The molecular formula is C13H26O2Si. The van der Waals surface area contributed by atoms with Gasteiger partial charge in [-0.3, -0.25) is 0 Å². The average molecular weight is 242 g/mol. The van der Waals surface area contributed by atoms with Gasteiger partial charge in [0.2, 0.25) is 0 Å². The lowest BCUT2D eigenvalue weighted by Gasteiger charge is -2.31. The van der Waals surface area contributed by atoms with Crippen molar-refractivity contribution in [1.82, 2.24) is 0 Å². The van der Waals surface area contributed by atoms with E-state index in [1.807, 2.05) is 13.8 Å². The highest BCUT2D eigenvalue weighted by Gasteiger charge is 2.31. The molecule has 0 radical (unpaired) electrons. The summed E-state index contributed by atoms with van der Waals surface area (Å²) in [5.41, 5.74) is 1.64. The maximum absolute atomic E-state index is 10.2. The highest BCUT2D eigenvalue weighted by Crippen LogP contribution is 2.27. The van der Waals surface area contributed by atoms with Gasteiger partial charge in [0.1, 0.15) is 5.60 Å². The maximum Gasteiger partial charge on any atom is 0.103 e. The predicted octanol–water partition coefficient (Wildman–Crippen LogP) is 2.74. The third kappa shape index (κ3) is 4.64. The highest BCUT2D eigenvalue weighted by atomic mass is 28.3. The van der Waals surface area contributed by atoms with E-state index in [1.54, 1.807) is 6.92 Å². The highest BCUT2D eigenvalue weighted by molar-refractivity contribution is 6.81. The second kappa shape index (κ2) is 5.30. The molecule has 94 valence electrons. The molecule has 0 aromatic rings. The summed E-state index contributed by atoms with van der Waals surface area (Å²) in [6.07, 6.45) is 0.879. The molecule has 3 heteroatoms. The van der Waals surface area contributed by atoms with Crippen molar-refractivity contribution in [2.45, 2.75) is 52.1 Å². The molecule has 0 rings (SSSR count). The molecule has 0 bridgehead atoms. The van der Waals surface area contributed by atoms with Crippen LogP contribution in [0.1, 0.15) is 20.8 Å². The van der Waals surface area contributed by atoms with Crippen LogP contribution in [-0.2, 0) is 0 Å². The minimum atomic E-state index is -1.48. The van der Waals surface area contributed by atoms with Crippen LogP contribution in [0.4, 0.5) is 0 Å². The van der Waals surface area contributed by atoms with Crippen LogP contribution in [0.25, 0.3) is 0 Å². The Labute approximate surface area is 101 Å². The predicted molar refractivity (Wildman–Crippen MR) is 73.1 cm³/mol. The SMILES string of the molecule is C=C[C@](C)(O)/C(=C/[Si](C)(C)C)[C@H](O)C(C)C. The number of hydrogen-bond donors (Lipinski definition) is 2. The first kappa shape index (κ1) is 15.6. The van der Waals surface area contributed by atoms with Crippen LogP contribution >= 0.6 is 0 Å². The maximum atomic E-state index is 10.2. The Morgan fingerprint density at radius 3 is 2.00 bits per heavy atom. The lowest BCUT2D eigenvalue weighted by molar-refractivity contribution is 0.0839. The van der Waals surface area contributed by atoms with Crippen LogP contribution in [0.5, 0.6) is 0 Å². The fraction of sp³-hybridized carbons (Fsp3) is 0.692. The molecule has 0 fully saturated rings. The van der Waals surface area contributed by atoms with Gasteiger partial charge in [-0.1, -0.05) is 51.8 Å². The van der Waals surface area contributed by atoms with Crippen molar-refractivity contribution < 1.29 is 10.2 Å². The van der Waals surface area contributed by atoms with Gasteiger partial charge in [0.25, 0.3) is 0 Å². The van der Waals surface area contributed by atoms with E-state index in [-0.39, 0.29) is 5.92 Å². The molecule has 0 saturated heterocycles. The topological polar surface area (TPSA) is 40.5 Å². The van der Waals surface area contributed by atoms with Gasteiger partial charge in [0, 0.05) is 0 Å². The van der Waals surface area contributed by atoms with Gasteiger partial charge in [-0.05, 0) is 18.4 Å². The minimum Gasteiger partial charge on any atom is -0.388 e. The Hall–Kier alpha value is -0.383. The summed E-state index contributed by atoms with van der Waals surface area (Å²) in [7, 11) is -1.48. The van der Waals surface area contributed by atoms with Crippen LogP contribution < -0.4 is 0 Å². The molecule has 0 spiro atoms. The minimum absolute atomic E-state index is 0.0917. The van der Waals surface area contributed by atoms with Crippen molar-refractivity contribution in [1.29, 1.82) is 0 Å². The van der Waals surface area contributed by atoms with Crippen molar-refractivity contribution in [3.8, 4) is 0 Å². The molecule has 0 aliphatic carbocycles. The van der Waals surface area contributed by atoms with Gasteiger partial charge in [-0.15, -0.1) is 0 Å². The molecule has 0 amide bonds. The van der Waals surface area contributed by atoms with Crippen LogP contribution in [0.2, 0.25) is 19.6 Å². The Morgan fingerprint density at radius 1 is 1.31 bits per heavy atom. The zero-order chi connectivity index (χ0) is 13.1. The summed E-state index contributed by atoms with van der Waals surface area (Å²) in [4.78, 5) is 0. The van der Waals surface area contributed by atoms with E-state index in [0.29, 0.717) is 5.57 Å². The van der Waals surface area contributed by atoms with Gasteiger partial charge >= 0.3 is 0 Å². The van der Waals surface area contributed by atoms with Gasteiger partial charge < -0.3 is 10.2 Å². The number of aliphatic hydroxyl groups excluding tert-OH is 1. The van der Waals surface area contributed by atoms with Crippen LogP contribution in [0.3, 0.4) is 0 Å². The third-order valence-electron chi connectivity index (χ3n) is 2.52. The molecule has 2 nitrogen and oxygen atoms in total. The molecule has 0 aromatic carbocycles. The molecule has 0 aromatic heterocycles. The Balaban J connectivity index is 5.40. The lowest BCUT2D eigenvalue weighted by Crippen LogP contribution is -2.36. The van der Waals surface area contributed by atoms with Crippen molar-refractivity contribution in [3.05, 3.63) is 23.9 Å². The normalized spacial score (nSPS) is 19.4. The van der Waals surface area contributed by atoms with E-state index in [4.69, 9.17) is 0 Å². The van der Waals surface area contributed by atoms with E-state index in [9.17, 15) is 10.2 Å². The Morgan fingerprint density at radius 2 is 1.75 bits per heavy atom. The van der Waals surface area contributed by atoms with E-state index in [1.165, 1.54) is 6.08 Å². The zero-order valence-corrected chi connectivity index (χ0v) is 12.4. The Bertz CT molecular complexity index is 272. The Kier molecular flexibility index (Phi) is 5.17. The van der Waals surface area contributed by atoms with E-state index in [0.717, 1.165) is 0 Å². The van der Waals surface area contributed by atoms with Crippen molar-refractivity contribution >= 4 is 8.07 Å². The molecule has 16 heavy (non-hydrogen) atoms. The second-order valence-corrected chi connectivity index (χ2v) is 11.0. The molecule has 2 atom stereocenters. The number of aliphatic hydroxyl groups is 2. The van der Waals surface area contributed by atoms with E-state index < -0.39 is 19.8 Å². The number of rotatable bonds is 5. The second-order valence-electron chi connectivity index (χ2n) is 6.01. The van der Waals surface area contributed by atoms with Crippen molar-refractivity contribution in [2.75, 3.05) is 0 Å². The standard InChI is InChI=1S/C13H26O2Si/c1-8-13(4,15)11(9-16(5,6)7)12(14)10(2)3/h8-10,12,14-15H,1H2,2-7H3/b11-9+/t12-,13+/m1/s1. The zero-order valence-electron chi connectivity index (χ0n) is 11.4. The van der Waals surface area contributed by atoms with E-state index >= 15 is 0 Å².